The normalized spacial score (nSPS) is 18.2. The number of hydrogen-bond acceptors (Lipinski definition) is 3. The van der Waals surface area contributed by atoms with Crippen LogP contribution < -0.4 is 5.32 Å². The maximum Gasteiger partial charge on any atom is 0.224 e. The van der Waals surface area contributed by atoms with E-state index >= 15 is 0 Å². The minimum absolute atomic E-state index is 0.209. The van der Waals surface area contributed by atoms with Gasteiger partial charge in [0.1, 0.15) is 0 Å². The molecule has 0 aliphatic carbocycles. The zero-order chi connectivity index (χ0) is 13.7. The molecule has 1 aliphatic rings. The van der Waals surface area contributed by atoms with Crippen molar-refractivity contribution in [3.8, 4) is 0 Å². The third-order valence-electron chi connectivity index (χ3n) is 3.74. The van der Waals surface area contributed by atoms with Crippen LogP contribution in [0.3, 0.4) is 0 Å². The number of aromatic nitrogens is 1. The summed E-state index contributed by atoms with van der Waals surface area (Å²) in [6.45, 7) is 6.92. The molecule has 2 heterocycles. The highest BCUT2D eigenvalue weighted by Gasteiger charge is 2.20. The smallest absolute Gasteiger partial charge is 0.224 e. The molecule has 1 aromatic heterocycles. The van der Waals surface area contributed by atoms with E-state index in [-0.39, 0.29) is 5.91 Å². The number of hydrogen-bond donors (Lipinski definition) is 2. The number of carbonyl (C=O) groups excluding carboxylic acids is 1. The predicted molar refractivity (Wildman–Crippen MR) is 75.8 cm³/mol. The fraction of sp³-hybridized carbons (Fsp3) is 0.643. The van der Waals surface area contributed by atoms with Gasteiger partial charge in [-0.2, -0.15) is 0 Å². The van der Waals surface area contributed by atoms with Crippen molar-refractivity contribution < 1.29 is 4.79 Å². The highest BCUT2D eigenvalue weighted by Crippen LogP contribution is 2.08. The molecular formula is C14H24N4O. The van der Waals surface area contributed by atoms with Gasteiger partial charge in [0.15, 0.2) is 0 Å². The van der Waals surface area contributed by atoms with Crippen LogP contribution in [0.5, 0.6) is 0 Å². The minimum atomic E-state index is 0.209. The molecular weight excluding hydrogens is 240 g/mol. The predicted octanol–water partition coefficient (Wildman–Crippen LogP) is 0.657. The van der Waals surface area contributed by atoms with E-state index in [0.717, 1.165) is 31.9 Å². The number of piperazine rings is 1. The SMILES string of the molecule is CC(CC(=O)N(C)Cc1ccc[nH]1)N1CCNCC1. The van der Waals surface area contributed by atoms with Gasteiger partial charge in [0.05, 0.1) is 6.54 Å². The van der Waals surface area contributed by atoms with Crippen LogP contribution in [-0.2, 0) is 11.3 Å². The molecule has 19 heavy (non-hydrogen) atoms. The fourth-order valence-electron chi connectivity index (χ4n) is 2.47. The molecule has 5 heteroatoms. The van der Waals surface area contributed by atoms with Crippen molar-refractivity contribution in [3.05, 3.63) is 24.0 Å². The van der Waals surface area contributed by atoms with Crippen molar-refractivity contribution in [2.45, 2.75) is 25.9 Å². The topological polar surface area (TPSA) is 51.4 Å². The van der Waals surface area contributed by atoms with E-state index in [1.165, 1.54) is 0 Å². The van der Waals surface area contributed by atoms with Crippen LogP contribution in [0, 0.1) is 0 Å². The maximum atomic E-state index is 12.2. The van der Waals surface area contributed by atoms with Crippen LogP contribution in [0.1, 0.15) is 19.0 Å². The molecule has 1 fully saturated rings. The van der Waals surface area contributed by atoms with Crippen molar-refractivity contribution in [1.82, 2.24) is 20.1 Å². The third kappa shape index (κ3) is 4.08. The molecule has 0 saturated carbocycles. The van der Waals surface area contributed by atoms with Gasteiger partial charge in [-0.1, -0.05) is 0 Å². The lowest BCUT2D eigenvalue weighted by Gasteiger charge is -2.33. The first-order valence-electron chi connectivity index (χ1n) is 6.98. The quantitative estimate of drug-likeness (QED) is 0.821. The highest BCUT2D eigenvalue weighted by atomic mass is 16.2. The van der Waals surface area contributed by atoms with E-state index in [1.807, 2.05) is 25.4 Å². The molecule has 1 saturated heterocycles. The molecule has 1 unspecified atom stereocenters. The number of amides is 1. The lowest BCUT2D eigenvalue weighted by molar-refractivity contribution is -0.131. The van der Waals surface area contributed by atoms with Crippen LogP contribution in [0.25, 0.3) is 0 Å². The zero-order valence-electron chi connectivity index (χ0n) is 11.9. The molecule has 106 valence electrons. The molecule has 5 nitrogen and oxygen atoms in total. The third-order valence-corrected chi connectivity index (χ3v) is 3.74. The van der Waals surface area contributed by atoms with E-state index in [2.05, 4.69) is 22.1 Å². The van der Waals surface area contributed by atoms with Crippen molar-refractivity contribution in [1.29, 1.82) is 0 Å². The summed E-state index contributed by atoms with van der Waals surface area (Å²) in [6.07, 6.45) is 2.48. The Morgan fingerprint density at radius 1 is 1.47 bits per heavy atom. The zero-order valence-corrected chi connectivity index (χ0v) is 11.9. The standard InChI is InChI=1S/C14H24N4O/c1-12(18-8-6-15-7-9-18)10-14(19)17(2)11-13-4-3-5-16-13/h3-5,12,15-16H,6-11H2,1-2H3. The molecule has 0 spiro atoms. The van der Waals surface area contributed by atoms with Gasteiger partial charge in [-0.15, -0.1) is 0 Å². The van der Waals surface area contributed by atoms with Gasteiger partial charge in [0.25, 0.3) is 0 Å². The average molecular weight is 264 g/mol. The van der Waals surface area contributed by atoms with Crippen molar-refractivity contribution in [3.63, 3.8) is 0 Å². The summed E-state index contributed by atoms with van der Waals surface area (Å²) in [5.74, 6) is 0.209. The first kappa shape index (κ1) is 14.1. The second-order valence-electron chi connectivity index (χ2n) is 5.28. The van der Waals surface area contributed by atoms with Crippen molar-refractivity contribution in [2.24, 2.45) is 0 Å². The number of aromatic amines is 1. The van der Waals surface area contributed by atoms with Gasteiger partial charge in [-0.25, -0.2) is 0 Å². The number of nitrogens with zero attached hydrogens (tertiary/aromatic N) is 2. The Hall–Kier alpha value is -1.33. The Kier molecular flexibility index (Phi) is 4.99. The number of nitrogens with one attached hydrogen (secondary N) is 2. The summed E-state index contributed by atoms with van der Waals surface area (Å²) in [7, 11) is 1.87. The Labute approximate surface area is 115 Å². The second kappa shape index (κ2) is 6.73. The van der Waals surface area contributed by atoms with Crippen LogP contribution >= 0.6 is 0 Å². The summed E-state index contributed by atoms with van der Waals surface area (Å²) in [6, 6.07) is 4.28. The van der Waals surface area contributed by atoms with Gasteiger partial charge >= 0.3 is 0 Å². The summed E-state index contributed by atoms with van der Waals surface area (Å²) in [4.78, 5) is 19.5. The lowest BCUT2D eigenvalue weighted by atomic mass is 10.1. The van der Waals surface area contributed by atoms with Crippen molar-refractivity contribution in [2.75, 3.05) is 33.2 Å². The molecule has 0 radical (unpaired) electrons. The van der Waals surface area contributed by atoms with E-state index in [4.69, 9.17) is 0 Å². The van der Waals surface area contributed by atoms with E-state index < -0.39 is 0 Å². The van der Waals surface area contributed by atoms with E-state index in [1.54, 1.807) is 4.90 Å². The Morgan fingerprint density at radius 3 is 2.84 bits per heavy atom. The maximum absolute atomic E-state index is 12.2. The van der Waals surface area contributed by atoms with Gasteiger partial charge in [-0.05, 0) is 19.1 Å². The van der Waals surface area contributed by atoms with Crippen molar-refractivity contribution >= 4 is 5.91 Å². The minimum Gasteiger partial charge on any atom is -0.364 e. The van der Waals surface area contributed by atoms with Gasteiger partial charge < -0.3 is 15.2 Å². The molecule has 2 rings (SSSR count). The molecule has 2 N–H and O–H groups in total. The van der Waals surface area contributed by atoms with Gasteiger partial charge in [0.2, 0.25) is 5.91 Å². The first-order valence-corrected chi connectivity index (χ1v) is 6.98. The van der Waals surface area contributed by atoms with Crippen LogP contribution in [0.2, 0.25) is 0 Å². The Morgan fingerprint density at radius 2 is 2.21 bits per heavy atom. The molecule has 1 aliphatic heterocycles. The molecule has 0 bridgehead atoms. The molecule has 1 aromatic rings. The number of carbonyl (C=O) groups is 1. The van der Waals surface area contributed by atoms with Crippen LogP contribution in [0.15, 0.2) is 18.3 Å². The summed E-state index contributed by atoms with van der Waals surface area (Å²) >= 11 is 0. The first-order chi connectivity index (χ1) is 9.16. The van der Waals surface area contributed by atoms with Crippen LogP contribution in [0.4, 0.5) is 0 Å². The molecule has 0 aromatic carbocycles. The van der Waals surface area contributed by atoms with E-state index in [0.29, 0.717) is 19.0 Å². The van der Waals surface area contributed by atoms with Gasteiger partial charge in [0, 0.05) is 57.6 Å². The fourth-order valence-corrected chi connectivity index (χ4v) is 2.47. The van der Waals surface area contributed by atoms with E-state index in [9.17, 15) is 4.79 Å². The lowest BCUT2D eigenvalue weighted by Crippen LogP contribution is -2.48. The summed E-state index contributed by atoms with van der Waals surface area (Å²) < 4.78 is 0. The monoisotopic (exact) mass is 264 g/mol. The average Bonchev–Trinajstić information content (AvgIpc) is 2.92. The summed E-state index contributed by atoms with van der Waals surface area (Å²) in [5, 5.41) is 3.33. The molecule has 1 amide bonds. The Balaban J connectivity index is 1.79. The highest BCUT2D eigenvalue weighted by molar-refractivity contribution is 5.76. The van der Waals surface area contributed by atoms with Gasteiger partial charge in [-0.3, -0.25) is 9.69 Å². The summed E-state index contributed by atoms with van der Waals surface area (Å²) in [5.41, 5.74) is 1.07. The largest absolute Gasteiger partial charge is 0.364 e. The van der Waals surface area contributed by atoms with Crippen LogP contribution in [-0.4, -0.2) is 60.0 Å². The second-order valence-corrected chi connectivity index (χ2v) is 5.28. The number of rotatable bonds is 5. The number of H-pyrrole nitrogens is 1. The molecule has 1 atom stereocenters. The Bertz CT molecular complexity index is 384.